The van der Waals surface area contributed by atoms with Crippen molar-refractivity contribution in [1.29, 1.82) is 0 Å². The lowest BCUT2D eigenvalue weighted by Crippen LogP contribution is -2.44. The van der Waals surface area contributed by atoms with Gasteiger partial charge >= 0.3 is 17.8 Å². The van der Waals surface area contributed by atoms with Gasteiger partial charge in [-0.1, -0.05) is 30.3 Å². The summed E-state index contributed by atoms with van der Waals surface area (Å²) in [6.45, 7) is 1.45. The first-order valence-electron chi connectivity index (χ1n) is 9.16. The van der Waals surface area contributed by atoms with Gasteiger partial charge in [0.05, 0.1) is 16.8 Å². The number of hydrogen-bond acceptors (Lipinski definition) is 4. The lowest BCUT2D eigenvalue weighted by molar-refractivity contribution is -0.170. The zero-order valence-electron chi connectivity index (χ0n) is 16.1. The second-order valence-corrected chi connectivity index (χ2v) is 8.97. The van der Waals surface area contributed by atoms with Gasteiger partial charge in [0.2, 0.25) is 0 Å². The minimum Gasteiger partial charge on any atom is -0.305 e. The number of nitrogens with one attached hydrogen (secondary N) is 1. The first kappa shape index (κ1) is 20.9. The Hall–Kier alpha value is -3.34. The number of amides is 1. The van der Waals surface area contributed by atoms with Crippen LogP contribution >= 0.6 is 0 Å². The molecule has 0 radical (unpaired) electrons. The molecule has 1 aliphatic rings. The highest BCUT2D eigenvalue weighted by Gasteiger charge is 2.47. The molecule has 4 rings (SSSR count). The Labute approximate surface area is 174 Å². The number of H-pyrrole nitrogens is 1. The lowest BCUT2D eigenvalue weighted by Gasteiger charge is -2.23. The van der Waals surface area contributed by atoms with E-state index in [2.05, 4.69) is 4.98 Å². The Bertz CT molecular complexity index is 1330. The van der Waals surface area contributed by atoms with Crippen molar-refractivity contribution in [2.75, 3.05) is 4.90 Å². The van der Waals surface area contributed by atoms with Crippen LogP contribution < -0.4 is 10.6 Å². The predicted octanol–water partition coefficient (Wildman–Crippen LogP) is 2.92. The fraction of sp³-hybridized carbons (Fsp3) is 0.200. The van der Waals surface area contributed by atoms with Gasteiger partial charge in [-0.15, -0.1) is 0 Å². The second-order valence-electron chi connectivity index (χ2n) is 7.16. The lowest BCUT2D eigenvalue weighted by atomic mass is 10.1. The van der Waals surface area contributed by atoms with E-state index in [-0.39, 0.29) is 22.6 Å². The summed E-state index contributed by atoms with van der Waals surface area (Å²) in [7, 11) is -4.31. The molecule has 0 fully saturated rings. The highest BCUT2D eigenvalue weighted by atomic mass is 32.2. The normalized spacial score (nSPS) is 16.4. The topological polar surface area (TPSA) is 92.2 Å². The molecule has 1 atom stereocenters. The molecule has 2 heterocycles. The van der Waals surface area contributed by atoms with Crippen LogP contribution in [0.1, 0.15) is 12.5 Å². The molecule has 1 N–H and O–H groups in total. The molecule has 1 aromatic heterocycles. The van der Waals surface area contributed by atoms with Crippen molar-refractivity contribution in [3.05, 3.63) is 70.8 Å². The highest BCUT2D eigenvalue weighted by Crippen LogP contribution is 2.37. The number of fused-ring (bicyclic) bond motifs is 1. The number of imidazole rings is 1. The van der Waals surface area contributed by atoms with Gasteiger partial charge in [0.15, 0.2) is 0 Å². The maximum Gasteiger partial charge on any atom is 0.471 e. The van der Waals surface area contributed by atoms with Gasteiger partial charge in [0.25, 0.3) is 10.0 Å². The molecule has 1 amide bonds. The molecule has 2 aromatic carbocycles. The number of alkyl halides is 3. The van der Waals surface area contributed by atoms with Crippen molar-refractivity contribution in [2.24, 2.45) is 0 Å². The van der Waals surface area contributed by atoms with Crippen LogP contribution in [0.15, 0.2) is 64.4 Å². The third-order valence-corrected chi connectivity index (χ3v) is 6.70. The van der Waals surface area contributed by atoms with Crippen LogP contribution in [0, 0.1) is 0 Å². The number of hydrogen-bond donors (Lipinski definition) is 1. The van der Waals surface area contributed by atoms with E-state index in [0.717, 1.165) is 18.3 Å². The first-order chi connectivity index (χ1) is 14.5. The van der Waals surface area contributed by atoms with Crippen LogP contribution in [0.4, 0.5) is 18.9 Å². The summed E-state index contributed by atoms with van der Waals surface area (Å²) in [5.41, 5.74) is 0.309. The van der Waals surface area contributed by atoms with E-state index in [1.165, 1.54) is 13.0 Å². The van der Waals surface area contributed by atoms with Gasteiger partial charge < -0.3 is 9.88 Å². The molecule has 0 saturated carbocycles. The molecule has 31 heavy (non-hydrogen) atoms. The first-order valence-corrected chi connectivity index (χ1v) is 10.6. The fourth-order valence-electron chi connectivity index (χ4n) is 3.65. The molecular formula is C20H16F3N3O4S. The molecule has 0 saturated heterocycles. The zero-order valence-corrected chi connectivity index (χ0v) is 16.9. The molecular weight excluding hydrogens is 435 g/mol. The van der Waals surface area contributed by atoms with Crippen LogP contribution in [-0.4, -0.2) is 35.5 Å². The van der Waals surface area contributed by atoms with Gasteiger partial charge in [-0.2, -0.15) is 17.1 Å². The molecule has 1 unspecified atom stereocenters. The van der Waals surface area contributed by atoms with Gasteiger partial charge in [-0.05, 0) is 42.7 Å². The third-order valence-electron chi connectivity index (χ3n) is 5.06. The number of aromatic nitrogens is 2. The number of benzene rings is 2. The summed E-state index contributed by atoms with van der Waals surface area (Å²) in [5, 5.41) is 0. The van der Waals surface area contributed by atoms with Crippen molar-refractivity contribution in [3.63, 3.8) is 0 Å². The molecule has 0 aliphatic carbocycles. The number of carbonyl (C=O) groups excluding carboxylic acids is 1. The standard InChI is InChI=1S/C20H16F3N3O4S/c1-12-9-14-10-15(7-8-17(14)26(12)18(27)20(21,22)23)31(29,30)25-11-16(24-19(25)28)13-5-3-2-4-6-13/h2-8,10-12H,9H2,1H3,(H,24,28). The fourth-order valence-corrected chi connectivity index (χ4v) is 4.92. The summed E-state index contributed by atoms with van der Waals surface area (Å²) < 4.78 is 65.4. The molecule has 0 spiro atoms. The van der Waals surface area contributed by atoms with E-state index in [4.69, 9.17) is 0 Å². The monoisotopic (exact) mass is 451 g/mol. The minimum absolute atomic E-state index is 0.000153. The Morgan fingerprint density at radius 1 is 1.13 bits per heavy atom. The predicted molar refractivity (Wildman–Crippen MR) is 106 cm³/mol. The molecule has 11 heteroatoms. The summed E-state index contributed by atoms with van der Waals surface area (Å²) in [5.74, 6) is -2.01. The average molecular weight is 451 g/mol. The number of halogens is 3. The highest BCUT2D eigenvalue weighted by molar-refractivity contribution is 7.90. The quantitative estimate of drug-likeness (QED) is 0.663. The van der Waals surface area contributed by atoms with Crippen molar-refractivity contribution >= 4 is 21.6 Å². The Morgan fingerprint density at radius 3 is 2.45 bits per heavy atom. The van der Waals surface area contributed by atoms with Crippen LogP contribution in [0.25, 0.3) is 11.3 Å². The minimum atomic E-state index is -5.05. The zero-order chi connectivity index (χ0) is 22.6. The Kier molecular flexibility index (Phi) is 4.80. The number of aromatic amines is 1. The number of nitrogens with zero attached hydrogens (tertiary/aromatic N) is 2. The van der Waals surface area contributed by atoms with E-state index in [1.807, 2.05) is 0 Å². The van der Waals surface area contributed by atoms with Gasteiger partial charge in [-0.3, -0.25) is 4.79 Å². The maximum absolute atomic E-state index is 13.0. The van der Waals surface area contributed by atoms with Gasteiger partial charge in [0, 0.05) is 11.7 Å². The Balaban J connectivity index is 1.74. The van der Waals surface area contributed by atoms with Gasteiger partial charge in [-0.25, -0.2) is 13.2 Å². The number of rotatable bonds is 3. The maximum atomic E-state index is 13.0. The Morgan fingerprint density at radius 2 is 1.81 bits per heavy atom. The SMILES string of the molecule is CC1Cc2cc(S(=O)(=O)n3cc(-c4ccccc4)[nH]c3=O)ccc2N1C(=O)C(F)(F)F. The number of anilines is 1. The van der Waals surface area contributed by atoms with E-state index in [0.29, 0.717) is 20.1 Å². The van der Waals surface area contributed by atoms with Gasteiger partial charge in [0.1, 0.15) is 0 Å². The molecule has 162 valence electrons. The van der Waals surface area contributed by atoms with Crippen LogP contribution in [0.3, 0.4) is 0 Å². The second kappa shape index (κ2) is 7.12. The van der Waals surface area contributed by atoms with E-state index >= 15 is 0 Å². The van der Waals surface area contributed by atoms with Crippen molar-refractivity contribution in [3.8, 4) is 11.3 Å². The molecule has 3 aromatic rings. The van der Waals surface area contributed by atoms with Crippen LogP contribution in [0.5, 0.6) is 0 Å². The van der Waals surface area contributed by atoms with E-state index in [9.17, 15) is 31.2 Å². The average Bonchev–Trinajstić information content (AvgIpc) is 3.26. The third kappa shape index (κ3) is 3.54. The molecule has 0 bridgehead atoms. The summed E-state index contributed by atoms with van der Waals surface area (Å²) in [4.78, 5) is 26.9. The van der Waals surface area contributed by atoms with Crippen molar-refractivity contribution in [2.45, 2.75) is 30.5 Å². The van der Waals surface area contributed by atoms with Crippen LogP contribution in [0.2, 0.25) is 0 Å². The summed E-state index contributed by atoms with van der Waals surface area (Å²) >= 11 is 0. The largest absolute Gasteiger partial charge is 0.471 e. The molecule has 7 nitrogen and oxygen atoms in total. The smallest absolute Gasteiger partial charge is 0.305 e. The number of carbonyl (C=O) groups is 1. The summed E-state index contributed by atoms with van der Waals surface area (Å²) in [6.07, 6.45) is -3.84. The van der Waals surface area contributed by atoms with E-state index in [1.54, 1.807) is 30.3 Å². The summed E-state index contributed by atoms with van der Waals surface area (Å²) in [6, 6.07) is 11.3. The van der Waals surface area contributed by atoms with Crippen LogP contribution in [-0.2, 0) is 21.2 Å². The van der Waals surface area contributed by atoms with Crippen molar-refractivity contribution < 1.29 is 26.4 Å². The van der Waals surface area contributed by atoms with Crippen molar-refractivity contribution in [1.82, 2.24) is 8.96 Å². The molecule has 1 aliphatic heterocycles. The van der Waals surface area contributed by atoms with E-state index < -0.39 is 33.8 Å².